The molecule has 7 heteroatoms. The first-order chi connectivity index (χ1) is 10.2. The lowest BCUT2D eigenvalue weighted by Gasteiger charge is -2.44. The number of nitrogens with two attached hydrogens (primary N) is 1. The lowest BCUT2D eigenvalue weighted by molar-refractivity contribution is 0.548. The van der Waals surface area contributed by atoms with Crippen molar-refractivity contribution >= 4 is 29.6 Å². The van der Waals surface area contributed by atoms with Crippen LogP contribution in [0.2, 0.25) is 0 Å². The van der Waals surface area contributed by atoms with Crippen molar-refractivity contribution in [1.82, 2.24) is 9.97 Å². The van der Waals surface area contributed by atoms with Gasteiger partial charge in [0.25, 0.3) is 0 Å². The lowest BCUT2D eigenvalue weighted by atomic mass is 10.0. The minimum absolute atomic E-state index is 0.0588. The monoisotopic (exact) mass is 287 g/mol. The van der Waals surface area contributed by atoms with E-state index >= 15 is 0 Å². The predicted octanol–water partition coefficient (Wildman–Crippen LogP) is 1.99. The molecule has 4 N–H and O–H groups in total. The van der Waals surface area contributed by atoms with Crippen LogP contribution in [-0.2, 0) is 0 Å². The van der Waals surface area contributed by atoms with Crippen LogP contribution in [0.5, 0.6) is 0 Å². The van der Waals surface area contributed by atoms with Crippen molar-refractivity contribution < 1.29 is 0 Å². The Morgan fingerprint density at radius 1 is 1.43 bits per heavy atom. The van der Waals surface area contributed by atoms with Crippen LogP contribution < -0.4 is 15.5 Å². The largest absolute Gasteiger partial charge is 0.368 e. The predicted molar refractivity (Wildman–Crippen MR) is 84.2 cm³/mol. The molecule has 0 spiro atoms. The molecule has 0 bridgehead atoms. The van der Waals surface area contributed by atoms with Gasteiger partial charge in [0.05, 0.1) is 18.6 Å². The third-order valence-electron chi connectivity index (χ3n) is 4.42. The molecule has 0 aromatic carbocycles. The summed E-state index contributed by atoms with van der Waals surface area (Å²) in [5.74, 6) is 1.42. The Morgan fingerprint density at radius 3 is 2.76 bits per heavy atom. The van der Waals surface area contributed by atoms with E-state index in [-0.39, 0.29) is 12.0 Å². The number of rotatable bonds is 3. The first kappa shape index (κ1) is 13.8. The molecule has 1 fully saturated rings. The summed E-state index contributed by atoms with van der Waals surface area (Å²) >= 11 is 0. The Labute approximate surface area is 124 Å². The lowest BCUT2D eigenvalue weighted by Crippen LogP contribution is -2.56. The van der Waals surface area contributed by atoms with Crippen molar-refractivity contribution in [2.75, 3.05) is 15.5 Å². The van der Waals surface area contributed by atoms with E-state index in [9.17, 15) is 0 Å². The summed E-state index contributed by atoms with van der Waals surface area (Å²) in [6.45, 7) is 2.07. The minimum atomic E-state index is -0.0588. The Morgan fingerprint density at radius 2 is 2.14 bits per heavy atom. The van der Waals surface area contributed by atoms with Gasteiger partial charge in [0, 0.05) is 6.04 Å². The molecule has 1 aromatic heterocycles. The van der Waals surface area contributed by atoms with Gasteiger partial charge in [-0.1, -0.05) is 19.8 Å². The smallest absolute Gasteiger partial charge is 0.222 e. The van der Waals surface area contributed by atoms with Gasteiger partial charge >= 0.3 is 0 Å². The summed E-state index contributed by atoms with van der Waals surface area (Å²) in [4.78, 5) is 12.2. The van der Waals surface area contributed by atoms with Gasteiger partial charge in [0.2, 0.25) is 5.95 Å². The van der Waals surface area contributed by atoms with Gasteiger partial charge in [-0.25, -0.2) is 4.98 Å². The van der Waals surface area contributed by atoms with E-state index in [0.29, 0.717) is 17.6 Å². The number of hydrogen-bond acceptors (Lipinski definition) is 6. The van der Waals surface area contributed by atoms with Crippen molar-refractivity contribution in [3.63, 3.8) is 0 Å². The topological polar surface area (TPSA) is 106 Å². The van der Waals surface area contributed by atoms with Gasteiger partial charge in [0.15, 0.2) is 5.82 Å². The first-order valence-corrected chi connectivity index (χ1v) is 7.46. The average Bonchev–Trinajstić information content (AvgIpc) is 3.00. The summed E-state index contributed by atoms with van der Waals surface area (Å²) in [6, 6.07) is 0.340. The zero-order chi connectivity index (χ0) is 15.0. The van der Waals surface area contributed by atoms with Crippen molar-refractivity contribution in [2.24, 2.45) is 0 Å². The Hall–Kier alpha value is -2.18. The summed E-state index contributed by atoms with van der Waals surface area (Å²) in [7, 11) is 0. The molecule has 1 aliphatic heterocycles. The molecule has 21 heavy (non-hydrogen) atoms. The quantitative estimate of drug-likeness (QED) is 0.582. The second-order valence-corrected chi connectivity index (χ2v) is 5.59. The SMILES string of the molecule is CC[C@@H]1C(=N)N(C=N)c2cnc(N)nc2N1C1CCCC1. The number of anilines is 3. The maximum atomic E-state index is 8.43. The Balaban J connectivity index is 2.13. The van der Waals surface area contributed by atoms with E-state index in [4.69, 9.17) is 16.6 Å². The zero-order valence-electron chi connectivity index (χ0n) is 12.2. The molecule has 1 saturated carbocycles. The van der Waals surface area contributed by atoms with Crippen LogP contribution in [0, 0.1) is 10.8 Å². The van der Waals surface area contributed by atoms with E-state index in [1.807, 2.05) is 0 Å². The highest BCUT2D eigenvalue weighted by atomic mass is 15.4. The molecule has 2 aliphatic rings. The van der Waals surface area contributed by atoms with Gasteiger partial charge in [-0.2, -0.15) is 4.98 Å². The molecule has 112 valence electrons. The van der Waals surface area contributed by atoms with Crippen LogP contribution in [0.3, 0.4) is 0 Å². The van der Waals surface area contributed by atoms with Gasteiger partial charge in [-0.15, -0.1) is 0 Å². The van der Waals surface area contributed by atoms with E-state index in [1.165, 1.54) is 12.8 Å². The van der Waals surface area contributed by atoms with E-state index in [2.05, 4.69) is 21.8 Å². The molecule has 2 heterocycles. The number of fused-ring (bicyclic) bond motifs is 1. The van der Waals surface area contributed by atoms with Crippen molar-refractivity contribution in [2.45, 2.75) is 51.1 Å². The fraction of sp³-hybridized carbons (Fsp3) is 0.571. The molecule has 3 rings (SSSR count). The average molecular weight is 287 g/mol. The molecule has 0 amide bonds. The summed E-state index contributed by atoms with van der Waals surface area (Å²) < 4.78 is 0. The van der Waals surface area contributed by atoms with Crippen LogP contribution in [0.4, 0.5) is 17.5 Å². The van der Waals surface area contributed by atoms with Crippen LogP contribution in [0.25, 0.3) is 0 Å². The molecule has 0 radical (unpaired) electrons. The van der Waals surface area contributed by atoms with Crippen LogP contribution in [0.1, 0.15) is 39.0 Å². The number of nitrogens with zero attached hydrogens (tertiary/aromatic N) is 4. The van der Waals surface area contributed by atoms with E-state index in [1.54, 1.807) is 11.1 Å². The third-order valence-corrected chi connectivity index (χ3v) is 4.42. The van der Waals surface area contributed by atoms with Crippen molar-refractivity contribution in [1.29, 1.82) is 10.8 Å². The van der Waals surface area contributed by atoms with Gasteiger partial charge in [-0.05, 0) is 19.3 Å². The first-order valence-electron chi connectivity index (χ1n) is 7.46. The number of nitrogen functional groups attached to an aromatic ring is 1. The summed E-state index contributed by atoms with van der Waals surface area (Å²) in [6.07, 6.45) is 8.27. The molecule has 1 aromatic rings. The third kappa shape index (κ3) is 2.12. The fourth-order valence-corrected chi connectivity index (χ4v) is 3.45. The van der Waals surface area contributed by atoms with Crippen LogP contribution in [0.15, 0.2) is 6.20 Å². The number of amidine groups is 1. The number of nitrogens with one attached hydrogen (secondary N) is 2. The van der Waals surface area contributed by atoms with Crippen LogP contribution in [-0.4, -0.2) is 34.2 Å². The molecule has 1 atom stereocenters. The molecular formula is C14H21N7. The standard InChI is InChI=1S/C14H21N7/c1-2-10-12(16)20(8-15)11-7-18-14(17)19-13(11)21(10)9-5-3-4-6-9/h7-10,15-16H,2-6H2,1H3,(H2,17,18,19)/t10-/m1/s1. The molecule has 0 saturated heterocycles. The maximum absolute atomic E-state index is 8.43. The normalized spacial score (nSPS) is 22.5. The van der Waals surface area contributed by atoms with Crippen LogP contribution >= 0.6 is 0 Å². The summed E-state index contributed by atoms with van der Waals surface area (Å²) in [5.41, 5.74) is 6.45. The number of hydrogen-bond donors (Lipinski definition) is 3. The van der Waals surface area contributed by atoms with Crippen molar-refractivity contribution in [3.8, 4) is 0 Å². The highest BCUT2D eigenvalue weighted by molar-refractivity contribution is 6.16. The fourth-order valence-electron chi connectivity index (χ4n) is 3.45. The van der Waals surface area contributed by atoms with Gasteiger partial charge in [0.1, 0.15) is 11.5 Å². The minimum Gasteiger partial charge on any atom is -0.368 e. The molecular weight excluding hydrogens is 266 g/mol. The highest BCUT2D eigenvalue weighted by Gasteiger charge is 2.39. The molecule has 0 unspecified atom stereocenters. The number of aromatic nitrogens is 2. The molecule has 1 aliphatic carbocycles. The van der Waals surface area contributed by atoms with Crippen molar-refractivity contribution in [3.05, 3.63) is 6.20 Å². The van der Waals surface area contributed by atoms with Gasteiger partial charge in [-0.3, -0.25) is 15.7 Å². The zero-order valence-corrected chi connectivity index (χ0v) is 12.2. The second kappa shape index (κ2) is 5.31. The molecule has 7 nitrogen and oxygen atoms in total. The Kier molecular flexibility index (Phi) is 3.48. The second-order valence-electron chi connectivity index (χ2n) is 5.59. The highest BCUT2D eigenvalue weighted by Crippen LogP contribution is 2.39. The van der Waals surface area contributed by atoms with Gasteiger partial charge < -0.3 is 10.6 Å². The summed E-state index contributed by atoms with van der Waals surface area (Å²) in [5, 5.41) is 16.0. The van der Waals surface area contributed by atoms with E-state index < -0.39 is 0 Å². The maximum Gasteiger partial charge on any atom is 0.222 e. The Bertz CT molecular complexity index is 564. The van der Waals surface area contributed by atoms with E-state index in [0.717, 1.165) is 31.4 Å².